The van der Waals surface area contributed by atoms with E-state index in [1.54, 1.807) is 6.20 Å². The van der Waals surface area contributed by atoms with Gasteiger partial charge in [-0.15, -0.1) is 0 Å². The van der Waals surface area contributed by atoms with E-state index in [4.69, 9.17) is 14.7 Å². The molecule has 0 bridgehead atoms. The molecule has 3 heterocycles. The van der Waals surface area contributed by atoms with Crippen LogP contribution in [-0.4, -0.2) is 84.3 Å². The molecule has 0 radical (unpaired) electrons. The number of aromatic nitrogens is 3. The second kappa shape index (κ2) is 11.7. The van der Waals surface area contributed by atoms with Crippen molar-refractivity contribution in [3.8, 4) is 11.3 Å². The highest BCUT2D eigenvalue weighted by atomic mass is 28.3. The molecule has 0 saturated carbocycles. The molecular formula is C29H43N5O3Si. The number of hydrogen-bond donors (Lipinski definition) is 1. The third-order valence-electron chi connectivity index (χ3n) is 7.03. The summed E-state index contributed by atoms with van der Waals surface area (Å²) in [6.07, 6.45) is 3.64. The topological polar surface area (TPSA) is 83.7 Å². The second-order valence-electron chi connectivity index (χ2n) is 12.5. The second-order valence-corrected chi connectivity index (χ2v) is 18.1. The van der Waals surface area contributed by atoms with Crippen molar-refractivity contribution in [1.82, 2.24) is 19.4 Å². The molecule has 2 aromatic heterocycles. The SMILES string of the molecule is CC(C)(C)C(=O)c1cn(COCC[Si](C)(C)C)c2ncc(-c3ccc(N4CCN(CCO)CC4)cc3)nc12. The first-order chi connectivity index (χ1) is 18.0. The van der Waals surface area contributed by atoms with Crippen molar-refractivity contribution in [2.45, 2.75) is 53.2 Å². The number of β-amino-alcohol motifs (C(OH)–C–C–N with tert-alkyl or cyclic N) is 1. The predicted molar refractivity (Wildman–Crippen MR) is 157 cm³/mol. The van der Waals surface area contributed by atoms with Crippen LogP contribution >= 0.6 is 0 Å². The number of anilines is 1. The highest BCUT2D eigenvalue weighted by Gasteiger charge is 2.28. The van der Waals surface area contributed by atoms with Gasteiger partial charge in [0.15, 0.2) is 11.4 Å². The van der Waals surface area contributed by atoms with Gasteiger partial charge in [0.2, 0.25) is 0 Å². The lowest BCUT2D eigenvalue weighted by Crippen LogP contribution is -2.47. The van der Waals surface area contributed by atoms with Crippen LogP contribution in [-0.2, 0) is 11.5 Å². The highest BCUT2D eigenvalue weighted by Crippen LogP contribution is 2.29. The number of benzene rings is 1. The number of fused-ring (bicyclic) bond motifs is 1. The molecule has 0 aliphatic carbocycles. The molecule has 1 N–H and O–H groups in total. The number of ketones is 1. The lowest BCUT2D eigenvalue weighted by molar-refractivity contribution is 0.0849. The van der Waals surface area contributed by atoms with Crippen molar-refractivity contribution in [1.29, 1.82) is 0 Å². The summed E-state index contributed by atoms with van der Waals surface area (Å²) in [5.41, 5.74) is 4.25. The van der Waals surface area contributed by atoms with Gasteiger partial charge in [0.1, 0.15) is 12.2 Å². The summed E-state index contributed by atoms with van der Waals surface area (Å²) in [5.74, 6) is 0.0467. The van der Waals surface area contributed by atoms with Gasteiger partial charge < -0.3 is 19.3 Å². The van der Waals surface area contributed by atoms with Gasteiger partial charge in [-0.3, -0.25) is 9.69 Å². The van der Waals surface area contributed by atoms with Crippen molar-refractivity contribution >= 4 is 30.7 Å². The Balaban J connectivity index is 1.57. The van der Waals surface area contributed by atoms with Crippen molar-refractivity contribution in [3.63, 3.8) is 0 Å². The van der Waals surface area contributed by atoms with Crippen molar-refractivity contribution in [3.05, 3.63) is 42.2 Å². The summed E-state index contributed by atoms with van der Waals surface area (Å²) in [5, 5.41) is 9.18. The van der Waals surface area contributed by atoms with Gasteiger partial charge in [-0.2, -0.15) is 0 Å². The summed E-state index contributed by atoms with van der Waals surface area (Å²) in [7, 11) is -1.18. The number of nitrogens with zero attached hydrogens (tertiary/aromatic N) is 5. The zero-order valence-electron chi connectivity index (χ0n) is 23.8. The molecule has 8 nitrogen and oxygen atoms in total. The molecule has 3 aromatic rings. The normalized spacial score (nSPS) is 15.4. The maximum absolute atomic E-state index is 13.3. The zero-order valence-corrected chi connectivity index (χ0v) is 24.8. The molecule has 1 fully saturated rings. The van der Waals surface area contributed by atoms with Crippen LogP contribution in [0.4, 0.5) is 5.69 Å². The molecule has 0 atom stereocenters. The monoisotopic (exact) mass is 537 g/mol. The molecule has 0 spiro atoms. The van der Waals surface area contributed by atoms with Crippen LogP contribution < -0.4 is 4.90 Å². The summed E-state index contributed by atoms with van der Waals surface area (Å²) in [6, 6.07) is 9.49. The molecule has 1 aliphatic heterocycles. The van der Waals surface area contributed by atoms with Crippen LogP contribution in [0.2, 0.25) is 25.7 Å². The number of hydrogen-bond acceptors (Lipinski definition) is 7. The lowest BCUT2D eigenvalue weighted by atomic mass is 9.87. The first-order valence-corrected chi connectivity index (χ1v) is 17.3. The number of carbonyl (C=O) groups excluding carboxylic acids is 1. The minimum Gasteiger partial charge on any atom is -0.395 e. The number of carbonyl (C=O) groups is 1. The Morgan fingerprint density at radius 1 is 1.08 bits per heavy atom. The molecule has 1 saturated heterocycles. The molecule has 0 amide bonds. The third kappa shape index (κ3) is 6.88. The standard InChI is InChI=1S/C29H43N5O3Si/c1-29(2,3)27(36)24-20-34(21-37-17-18-38(4,5)6)28-26(24)31-25(19-30-28)22-7-9-23(10-8-22)33-13-11-32(12-14-33)15-16-35/h7-10,19-20,35H,11-18,21H2,1-6H3. The summed E-state index contributed by atoms with van der Waals surface area (Å²) in [4.78, 5) is 27.7. The average molecular weight is 538 g/mol. The first kappa shape index (κ1) is 28.4. The number of Topliss-reactive ketones (excluding diaryl/α,β-unsaturated/α-hetero) is 1. The van der Waals surface area contributed by atoms with E-state index in [2.05, 4.69) is 53.7 Å². The number of ether oxygens (including phenoxy) is 1. The zero-order chi connectivity index (χ0) is 27.5. The Hall–Kier alpha value is -2.59. The van der Waals surface area contributed by atoms with E-state index in [0.29, 0.717) is 30.1 Å². The fourth-order valence-electron chi connectivity index (χ4n) is 4.61. The van der Waals surface area contributed by atoms with Crippen LogP contribution in [0.1, 0.15) is 31.1 Å². The Morgan fingerprint density at radius 3 is 2.37 bits per heavy atom. The van der Waals surface area contributed by atoms with Gasteiger partial charge >= 0.3 is 0 Å². The number of aliphatic hydroxyl groups excluding tert-OH is 1. The molecule has 1 aliphatic rings. The summed E-state index contributed by atoms with van der Waals surface area (Å²) in [6.45, 7) is 18.6. The van der Waals surface area contributed by atoms with E-state index in [1.165, 1.54) is 5.69 Å². The van der Waals surface area contributed by atoms with Crippen molar-refractivity contribution in [2.75, 3.05) is 50.8 Å². The van der Waals surface area contributed by atoms with Crippen LogP contribution in [0, 0.1) is 5.41 Å². The molecule has 0 unspecified atom stereocenters. The minimum absolute atomic E-state index is 0.0467. The number of piperazine rings is 1. The summed E-state index contributed by atoms with van der Waals surface area (Å²) >= 11 is 0. The van der Waals surface area contributed by atoms with E-state index in [0.717, 1.165) is 50.0 Å². The van der Waals surface area contributed by atoms with E-state index in [-0.39, 0.29) is 12.4 Å². The fraction of sp³-hybridized carbons (Fsp3) is 0.552. The Morgan fingerprint density at radius 2 is 1.76 bits per heavy atom. The van der Waals surface area contributed by atoms with Gasteiger partial charge in [-0.25, -0.2) is 9.97 Å². The fourth-order valence-corrected chi connectivity index (χ4v) is 5.37. The Bertz CT molecular complexity index is 1240. The van der Waals surface area contributed by atoms with E-state index < -0.39 is 13.5 Å². The van der Waals surface area contributed by atoms with Gasteiger partial charge in [0, 0.05) is 70.3 Å². The van der Waals surface area contributed by atoms with Crippen LogP contribution in [0.15, 0.2) is 36.7 Å². The summed E-state index contributed by atoms with van der Waals surface area (Å²) < 4.78 is 7.90. The Labute approximate surface area is 227 Å². The molecule has 38 heavy (non-hydrogen) atoms. The average Bonchev–Trinajstić information content (AvgIpc) is 3.23. The van der Waals surface area contributed by atoms with E-state index in [1.807, 2.05) is 31.5 Å². The van der Waals surface area contributed by atoms with Crippen LogP contribution in [0.3, 0.4) is 0 Å². The molecule has 9 heteroatoms. The molecule has 206 valence electrons. The third-order valence-corrected chi connectivity index (χ3v) is 8.74. The number of rotatable bonds is 10. The van der Waals surface area contributed by atoms with Gasteiger partial charge in [-0.1, -0.05) is 52.5 Å². The number of aliphatic hydroxyl groups is 1. The minimum atomic E-state index is -1.18. The van der Waals surface area contributed by atoms with Gasteiger partial charge in [-0.05, 0) is 18.2 Å². The Kier molecular flexibility index (Phi) is 8.71. The van der Waals surface area contributed by atoms with E-state index in [9.17, 15) is 9.90 Å². The maximum Gasteiger partial charge on any atom is 0.171 e. The smallest absolute Gasteiger partial charge is 0.171 e. The highest BCUT2D eigenvalue weighted by molar-refractivity contribution is 6.76. The van der Waals surface area contributed by atoms with Crippen LogP contribution in [0.5, 0.6) is 0 Å². The first-order valence-electron chi connectivity index (χ1n) is 13.6. The van der Waals surface area contributed by atoms with Crippen molar-refractivity contribution in [2.24, 2.45) is 5.41 Å². The molecular weight excluding hydrogens is 494 g/mol. The predicted octanol–water partition coefficient (Wildman–Crippen LogP) is 4.75. The van der Waals surface area contributed by atoms with Crippen LogP contribution in [0.25, 0.3) is 22.4 Å². The quantitative estimate of drug-likeness (QED) is 0.227. The molecule has 1 aromatic carbocycles. The largest absolute Gasteiger partial charge is 0.395 e. The van der Waals surface area contributed by atoms with Crippen molar-refractivity contribution < 1.29 is 14.6 Å². The maximum atomic E-state index is 13.3. The van der Waals surface area contributed by atoms with Gasteiger partial charge in [0.05, 0.1) is 24.1 Å². The van der Waals surface area contributed by atoms with Gasteiger partial charge in [0.25, 0.3) is 0 Å². The molecule has 4 rings (SSSR count). The van der Waals surface area contributed by atoms with E-state index >= 15 is 0 Å². The lowest BCUT2D eigenvalue weighted by Gasteiger charge is -2.35.